The molecule has 0 saturated heterocycles. The number of nitrogens with zero attached hydrogens (tertiary/aromatic N) is 3. The van der Waals surface area contributed by atoms with Crippen LogP contribution < -0.4 is 0 Å². The number of carboxylic acid groups (broad SMARTS) is 3. The zero-order valence-electron chi connectivity index (χ0n) is 11.8. The van der Waals surface area contributed by atoms with Crippen molar-refractivity contribution in [1.29, 1.82) is 0 Å². The van der Waals surface area contributed by atoms with Crippen LogP contribution in [0.4, 0.5) is 0 Å². The van der Waals surface area contributed by atoms with E-state index in [0.717, 1.165) is 0 Å². The van der Waals surface area contributed by atoms with Gasteiger partial charge in [0.1, 0.15) is 0 Å². The predicted molar refractivity (Wildman–Crippen MR) is 74.6 cm³/mol. The van der Waals surface area contributed by atoms with Gasteiger partial charge in [0.15, 0.2) is 0 Å². The van der Waals surface area contributed by atoms with Crippen LogP contribution in [0, 0.1) is 5.41 Å². The Morgan fingerprint density at radius 2 is 1.74 bits per heavy atom. The third kappa shape index (κ3) is 3.18. The van der Waals surface area contributed by atoms with Gasteiger partial charge >= 0.3 is 17.9 Å². The highest BCUT2D eigenvalue weighted by Gasteiger charge is 2.54. The molecule has 3 N–H and O–H groups in total. The molecule has 0 radical (unpaired) electrons. The van der Waals surface area contributed by atoms with Crippen LogP contribution in [0.5, 0.6) is 0 Å². The van der Waals surface area contributed by atoms with E-state index in [1.54, 1.807) is 24.4 Å². The van der Waals surface area contributed by atoms with Crippen molar-refractivity contribution in [2.24, 2.45) is 5.41 Å². The van der Waals surface area contributed by atoms with Gasteiger partial charge in [-0.1, -0.05) is 6.07 Å². The number of rotatable bonds is 7. The lowest BCUT2D eigenvalue weighted by Gasteiger charge is -2.18. The minimum Gasteiger partial charge on any atom is -0.480 e. The summed E-state index contributed by atoms with van der Waals surface area (Å²) in [7, 11) is 0. The monoisotopic (exact) mass is 319 g/mol. The van der Waals surface area contributed by atoms with Crippen molar-refractivity contribution >= 4 is 17.9 Å². The molecule has 120 valence electrons. The largest absolute Gasteiger partial charge is 0.480 e. The molecule has 0 amide bonds. The predicted octanol–water partition coefficient (Wildman–Crippen LogP) is 0.109. The maximum atomic E-state index is 11.2. The standard InChI is InChI=1S/C14H13N3O6/c18-11(19)14(12(20)21,13(22)23)5-9-6-16-17(7-9)8-10-3-1-2-4-15-10/h1-4,6-7H,5,8H2,(H,18,19)(H,20,21)(H,22,23). The van der Waals surface area contributed by atoms with Crippen molar-refractivity contribution in [2.75, 3.05) is 0 Å². The summed E-state index contributed by atoms with van der Waals surface area (Å²) in [5.74, 6) is -5.81. The van der Waals surface area contributed by atoms with E-state index < -0.39 is 29.7 Å². The minimum atomic E-state index is -2.95. The van der Waals surface area contributed by atoms with Crippen molar-refractivity contribution in [3.63, 3.8) is 0 Å². The van der Waals surface area contributed by atoms with Crippen LogP contribution >= 0.6 is 0 Å². The van der Waals surface area contributed by atoms with E-state index in [1.807, 2.05) is 0 Å². The zero-order chi connectivity index (χ0) is 17.0. The Labute approximate surface area is 129 Å². The van der Waals surface area contributed by atoms with Gasteiger partial charge in [-0.2, -0.15) is 5.10 Å². The number of carboxylic acids is 3. The molecule has 0 unspecified atom stereocenters. The van der Waals surface area contributed by atoms with Crippen LogP contribution in [-0.4, -0.2) is 48.0 Å². The molecule has 23 heavy (non-hydrogen) atoms. The fourth-order valence-corrected chi connectivity index (χ4v) is 2.05. The molecule has 0 bridgehead atoms. The molecular formula is C14H13N3O6. The Bertz CT molecular complexity index is 704. The van der Waals surface area contributed by atoms with Gasteiger partial charge in [-0.15, -0.1) is 0 Å². The second-order valence-electron chi connectivity index (χ2n) is 4.86. The maximum absolute atomic E-state index is 11.2. The van der Waals surface area contributed by atoms with E-state index in [9.17, 15) is 14.4 Å². The first-order valence-corrected chi connectivity index (χ1v) is 6.47. The lowest BCUT2D eigenvalue weighted by Crippen LogP contribution is -2.48. The number of hydrogen-bond acceptors (Lipinski definition) is 5. The van der Waals surface area contributed by atoms with Gasteiger partial charge in [0.25, 0.3) is 5.41 Å². The van der Waals surface area contributed by atoms with Crippen molar-refractivity contribution < 1.29 is 29.7 Å². The van der Waals surface area contributed by atoms with Crippen molar-refractivity contribution in [3.8, 4) is 0 Å². The van der Waals surface area contributed by atoms with Gasteiger partial charge in [0, 0.05) is 18.8 Å². The topological polar surface area (TPSA) is 143 Å². The third-order valence-electron chi connectivity index (χ3n) is 3.30. The number of aliphatic carboxylic acids is 3. The molecule has 0 aliphatic carbocycles. The summed E-state index contributed by atoms with van der Waals surface area (Å²) in [6.07, 6.45) is 3.53. The summed E-state index contributed by atoms with van der Waals surface area (Å²) in [6, 6.07) is 5.30. The molecule has 2 heterocycles. The van der Waals surface area contributed by atoms with Gasteiger partial charge in [0.2, 0.25) is 0 Å². The molecule has 0 aliphatic rings. The highest BCUT2D eigenvalue weighted by Crippen LogP contribution is 2.25. The van der Waals surface area contributed by atoms with E-state index in [2.05, 4.69) is 10.1 Å². The van der Waals surface area contributed by atoms with E-state index in [4.69, 9.17) is 15.3 Å². The molecule has 0 atom stereocenters. The minimum absolute atomic E-state index is 0.188. The Morgan fingerprint density at radius 3 is 2.26 bits per heavy atom. The zero-order valence-corrected chi connectivity index (χ0v) is 11.8. The summed E-state index contributed by atoms with van der Waals surface area (Å²) < 4.78 is 1.42. The Hall–Kier alpha value is -3.23. The van der Waals surface area contributed by atoms with Gasteiger partial charge in [-0.05, 0) is 17.7 Å². The quantitative estimate of drug-likeness (QED) is 0.610. The van der Waals surface area contributed by atoms with E-state index >= 15 is 0 Å². The molecular weight excluding hydrogens is 306 g/mol. The molecule has 0 fully saturated rings. The first kappa shape index (κ1) is 16.1. The van der Waals surface area contributed by atoms with Gasteiger partial charge < -0.3 is 15.3 Å². The average Bonchev–Trinajstić information content (AvgIpc) is 2.91. The molecule has 0 saturated carbocycles. The summed E-state index contributed by atoms with van der Waals surface area (Å²) in [5.41, 5.74) is -2.06. The highest BCUT2D eigenvalue weighted by molar-refractivity contribution is 6.16. The smallest absolute Gasteiger partial charge is 0.333 e. The van der Waals surface area contributed by atoms with Gasteiger partial charge in [0.05, 0.1) is 18.4 Å². The van der Waals surface area contributed by atoms with E-state index in [-0.39, 0.29) is 5.56 Å². The summed E-state index contributed by atoms with van der Waals surface area (Å²) in [5, 5.41) is 31.2. The first-order chi connectivity index (χ1) is 10.9. The molecule has 9 heteroatoms. The van der Waals surface area contributed by atoms with Gasteiger partial charge in [-0.25, -0.2) is 0 Å². The van der Waals surface area contributed by atoms with E-state index in [0.29, 0.717) is 12.2 Å². The first-order valence-electron chi connectivity index (χ1n) is 6.47. The van der Waals surface area contributed by atoms with Crippen molar-refractivity contribution in [3.05, 3.63) is 48.0 Å². The number of aromatic nitrogens is 3. The molecule has 2 aromatic rings. The second kappa shape index (κ2) is 6.26. The average molecular weight is 319 g/mol. The molecule has 0 spiro atoms. The molecule has 2 rings (SSSR count). The molecule has 2 aromatic heterocycles. The number of hydrogen-bond donors (Lipinski definition) is 3. The summed E-state index contributed by atoms with van der Waals surface area (Å²) in [4.78, 5) is 37.7. The van der Waals surface area contributed by atoms with Crippen molar-refractivity contribution in [2.45, 2.75) is 13.0 Å². The summed E-state index contributed by atoms with van der Waals surface area (Å²) in [6.45, 7) is 0.293. The fraction of sp³-hybridized carbons (Fsp3) is 0.214. The van der Waals surface area contributed by atoms with Crippen LogP contribution in [0.3, 0.4) is 0 Å². The lowest BCUT2D eigenvalue weighted by molar-refractivity contribution is -0.175. The SMILES string of the molecule is O=C(O)C(Cc1cnn(Cc2ccccn2)c1)(C(=O)O)C(=O)O. The van der Waals surface area contributed by atoms with Crippen LogP contribution in [-0.2, 0) is 27.3 Å². The molecule has 0 aliphatic heterocycles. The third-order valence-corrected chi connectivity index (χ3v) is 3.30. The van der Waals surface area contributed by atoms with E-state index in [1.165, 1.54) is 17.1 Å². The van der Waals surface area contributed by atoms with Gasteiger partial charge in [-0.3, -0.25) is 24.0 Å². The number of pyridine rings is 1. The lowest BCUT2D eigenvalue weighted by atomic mass is 9.82. The number of carbonyl (C=O) groups is 3. The van der Waals surface area contributed by atoms with Crippen LogP contribution in [0.1, 0.15) is 11.3 Å². The fourth-order valence-electron chi connectivity index (χ4n) is 2.05. The molecule has 0 aromatic carbocycles. The Morgan fingerprint density at radius 1 is 1.09 bits per heavy atom. The summed E-state index contributed by atoms with van der Waals surface area (Å²) >= 11 is 0. The van der Waals surface area contributed by atoms with Crippen LogP contribution in [0.15, 0.2) is 36.8 Å². The maximum Gasteiger partial charge on any atom is 0.333 e. The van der Waals surface area contributed by atoms with Crippen LogP contribution in [0.2, 0.25) is 0 Å². The Kier molecular flexibility index (Phi) is 4.39. The normalized spacial score (nSPS) is 11.1. The van der Waals surface area contributed by atoms with Crippen molar-refractivity contribution in [1.82, 2.24) is 14.8 Å². The second-order valence-corrected chi connectivity index (χ2v) is 4.86. The molecule has 9 nitrogen and oxygen atoms in total. The highest BCUT2D eigenvalue weighted by atomic mass is 16.4. The van der Waals surface area contributed by atoms with Crippen LogP contribution in [0.25, 0.3) is 0 Å². The Balaban J connectivity index is 2.24.